The third-order valence-corrected chi connectivity index (χ3v) is 9.22. The zero-order valence-corrected chi connectivity index (χ0v) is 28.0. The molecule has 0 aliphatic carbocycles. The van der Waals surface area contributed by atoms with Crippen molar-refractivity contribution in [2.24, 2.45) is 0 Å². The Morgan fingerprint density at radius 1 is 0.689 bits per heavy atom. The van der Waals surface area contributed by atoms with E-state index in [0.717, 1.165) is 39.0 Å². The molecule has 0 radical (unpaired) electrons. The van der Waals surface area contributed by atoms with Crippen LogP contribution in [-0.2, 0) is 21.1 Å². The average Bonchev–Trinajstić information content (AvgIpc) is 3.61. The molecule has 0 amide bonds. The number of hydrogen-bond donors (Lipinski definition) is 0. The predicted molar refractivity (Wildman–Crippen MR) is 183 cm³/mol. The van der Waals surface area contributed by atoms with E-state index in [1.165, 1.54) is 33.4 Å². The molecule has 0 spiro atoms. The van der Waals surface area contributed by atoms with Crippen molar-refractivity contribution in [3.63, 3.8) is 0 Å². The molecule has 8 rings (SSSR count). The van der Waals surface area contributed by atoms with Crippen LogP contribution in [-0.4, -0.2) is 16.2 Å². The van der Waals surface area contributed by atoms with Crippen LogP contribution in [0.1, 0.15) is 25.3 Å². The number of aromatic nitrogens is 2. The Kier molecular flexibility index (Phi) is 7.99. The number of fused-ring (bicyclic) bond motifs is 4. The fraction of sp³-hybridized carbons (Fsp3) is 0.103. The average molecular weight is 782 g/mol. The van der Waals surface area contributed by atoms with Gasteiger partial charge in [0.15, 0.2) is 0 Å². The molecule has 0 N–H and O–H groups in total. The minimum atomic E-state index is 0. The van der Waals surface area contributed by atoms with Crippen molar-refractivity contribution in [2.75, 3.05) is 16.5 Å². The van der Waals surface area contributed by atoms with Gasteiger partial charge in [0.2, 0.25) is 0 Å². The van der Waals surface area contributed by atoms with Crippen molar-refractivity contribution in [3.8, 4) is 5.82 Å². The second-order valence-electron chi connectivity index (χ2n) is 11.4. The SMILES string of the molecule is CC(C)c1ccnc(-n2c3[c-]c(Sc4[c-]c(N5CN(c6ccccc6)c6ccccc65)ccc4)ccc3c3ccccc32)c1.[Pt+2]. The van der Waals surface area contributed by atoms with Gasteiger partial charge in [-0.25, -0.2) is 4.98 Å². The zero-order chi connectivity index (χ0) is 29.6. The Hall–Kier alpha value is -4.31. The van der Waals surface area contributed by atoms with Gasteiger partial charge in [-0.05, 0) is 59.3 Å². The molecular formula is C39H30N4PtS. The number of para-hydroxylation sites is 4. The van der Waals surface area contributed by atoms with Crippen molar-refractivity contribution in [1.82, 2.24) is 9.55 Å². The Labute approximate surface area is 282 Å². The molecule has 222 valence electrons. The summed E-state index contributed by atoms with van der Waals surface area (Å²) in [4.78, 5) is 11.6. The summed E-state index contributed by atoms with van der Waals surface area (Å²) in [6, 6.07) is 50.3. The summed E-state index contributed by atoms with van der Waals surface area (Å²) in [7, 11) is 0. The van der Waals surface area contributed by atoms with Gasteiger partial charge in [-0.2, -0.15) is 24.3 Å². The van der Waals surface area contributed by atoms with E-state index >= 15 is 0 Å². The van der Waals surface area contributed by atoms with E-state index in [9.17, 15) is 0 Å². The molecule has 0 saturated carbocycles. The van der Waals surface area contributed by atoms with Crippen LogP contribution in [0.4, 0.5) is 22.7 Å². The summed E-state index contributed by atoms with van der Waals surface area (Å²) in [5.74, 6) is 1.34. The van der Waals surface area contributed by atoms with Crippen LogP contribution in [0.15, 0.2) is 137 Å². The van der Waals surface area contributed by atoms with Crippen molar-refractivity contribution in [2.45, 2.75) is 29.6 Å². The number of hydrogen-bond acceptors (Lipinski definition) is 4. The van der Waals surface area contributed by atoms with Gasteiger partial charge in [0, 0.05) is 17.4 Å². The van der Waals surface area contributed by atoms with Crippen molar-refractivity contribution in [3.05, 3.63) is 145 Å². The van der Waals surface area contributed by atoms with Gasteiger partial charge in [0.1, 0.15) is 5.82 Å². The van der Waals surface area contributed by atoms with Gasteiger partial charge in [-0.3, -0.25) is 0 Å². The molecule has 2 aromatic heterocycles. The molecular weight excluding hydrogens is 752 g/mol. The van der Waals surface area contributed by atoms with Crippen LogP contribution in [0.5, 0.6) is 0 Å². The summed E-state index contributed by atoms with van der Waals surface area (Å²) >= 11 is 1.69. The van der Waals surface area contributed by atoms with E-state index in [4.69, 9.17) is 4.98 Å². The van der Waals surface area contributed by atoms with E-state index in [1.54, 1.807) is 11.8 Å². The topological polar surface area (TPSA) is 24.3 Å². The maximum Gasteiger partial charge on any atom is 2.00 e. The largest absolute Gasteiger partial charge is 2.00 e. The van der Waals surface area contributed by atoms with Gasteiger partial charge in [-0.1, -0.05) is 73.6 Å². The van der Waals surface area contributed by atoms with Crippen molar-refractivity contribution < 1.29 is 21.1 Å². The van der Waals surface area contributed by atoms with E-state index in [0.29, 0.717) is 5.92 Å². The van der Waals surface area contributed by atoms with E-state index in [1.807, 2.05) is 6.20 Å². The molecule has 0 atom stereocenters. The second-order valence-corrected chi connectivity index (χ2v) is 12.4. The molecule has 45 heavy (non-hydrogen) atoms. The first-order valence-electron chi connectivity index (χ1n) is 15.0. The van der Waals surface area contributed by atoms with Crippen LogP contribution in [0.25, 0.3) is 27.6 Å². The summed E-state index contributed by atoms with van der Waals surface area (Å²) < 4.78 is 2.25. The molecule has 0 bridgehead atoms. The quantitative estimate of drug-likeness (QED) is 0.157. The minimum Gasteiger partial charge on any atom is -0.345 e. The third-order valence-electron chi connectivity index (χ3n) is 8.30. The Morgan fingerprint density at radius 2 is 1.42 bits per heavy atom. The fourth-order valence-corrected chi connectivity index (χ4v) is 6.93. The van der Waals surface area contributed by atoms with E-state index in [2.05, 4.69) is 162 Å². The van der Waals surface area contributed by atoms with Gasteiger partial charge < -0.3 is 14.4 Å². The molecule has 7 aromatic rings. The molecule has 5 aromatic carbocycles. The Morgan fingerprint density at radius 3 is 2.24 bits per heavy atom. The predicted octanol–water partition coefficient (Wildman–Crippen LogP) is 10.3. The zero-order valence-electron chi connectivity index (χ0n) is 24.9. The number of anilines is 4. The van der Waals surface area contributed by atoms with Crippen LogP contribution in [0.2, 0.25) is 0 Å². The second kappa shape index (κ2) is 12.2. The molecule has 3 heterocycles. The standard InChI is InChI=1S/C39H30N4S.Pt/c1-27(2)28-21-22-40-39(23-28)43-35-16-7-6-15-33(35)34-20-19-32(25-38(34)43)44-31-14-10-13-30(24-31)42-26-41(29-11-4-3-5-12-29)36-17-8-9-18-37(36)42;/h3-23,27H,26H2,1-2H3;/q-2;+2. The van der Waals surface area contributed by atoms with Crippen LogP contribution in [0, 0.1) is 12.1 Å². The number of nitrogens with zero attached hydrogens (tertiary/aromatic N) is 4. The molecule has 0 unspecified atom stereocenters. The van der Waals surface area contributed by atoms with Gasteiger partial charge >= 0.3 is 21.1 Å². The van der Waals surface area contributed by atoms with Gasteiger partial charge in [0.25, 0.3) is 0 Å². The Bertz CT molecular complexity index is 2140. The first-order valence-corrected chi connectivity index (χ1v) is 15.8. The van der Waals surface area contributed by atoms with Crippen molar-refractivity contribution >= 4 is 56.3 Å². The monoisotopic (exact) mass is 781 g/mol. The molecule has 0 saturated heterocycles. The summed E-state index contributed by atoms with van der Waals surface area (Å²) in [5, 5.41) is 2.38. The maximum atomic E-state index is 4.80. The molecule has 1 aliphatic rings. The first kappa shape index (κ1) is 29.4. The number of benzene rings is 5. The van der Waals surface area contributed by atoms with Crippen LogP contribution in [0.3, 0.4) is 0 Å². The van der Waals surface area contributed by atoms with Crippen LogP contribution >= 0.6 is 11.8 Å². The van der Waals surface area contributed by atoms with Crippen molar-refractivity contribution in [1.29, 1.82) is 0 Å². The summed E-state index contributed by atoms with van der Waals surface area (Å²) in [5.41, 5.74) is 8.05. The molecule has 0 fully saturated rings. The van der Waals surface area contributed by atoms with Crippen LogP contribution < -0.4 is 9.80 Å². The fourth-order valence-electron chi connectivity index (χ4n) is 6.11. The number of rotatable bonds is 6. The first-order chi connectivity index (χ1) is 21.6. The Balaban J connectivity index is 0.00000325. The summed E-state index contributed by atoms with van der Waals surface area (Å²) in [6.45, 7) is 5.17. The van der Waals surface area contributed by atoms with E-state index < -0.39 is 0 Å². The van der Waals surface area contributed by atoms with Gasteiger partial charge in [-0.15, -0.1) is 45.1 Å². The molecule has 4 nitrogen and oxygen atoms in total. The maximum absolute atomic E-state index is 4.80. The molecule has 1 aliphatic heterocycles. The third kappa shape index (κ3) is 5.35. The normalized spacial score (nSPS) is 12.6. The van der Waals surface area contributed by atoms with E-state index in [-0.39, 0.29) is 21.1 Å². The molecule has 6 heteroatoms. The van der Waals surface area contributed by atoms with Gasteiger partial charge in [0.05, 0.1) is 18.0 Å². The minimum absolute atomic E-state index is 0. The smallest absolute Gasteiger partial charge is 0.345 e. The summed E-state index contributed by atoms with van der Waals surface area (Å²) in [6.07, 6.45) is 1.92. The number of pyridine rings is 1.